The molecule has 4 rings (SSSR count). The summed E-state index contributed by atoms with van der Waals surface area (Å²) in [5, 5.41) is 5.88. The van der Waals surface area contributed by atoms with E-state index in [4.69, 9.17) is 21.1 Å². The Labute approximate surface area is 219 Å². The molecule has 0 spiro atoms. The van der Waals surface area contributed by atoms with Crippen LogP contribution in [0.5, 0.6) is 11.5 Å². The molecule has 1 heterocycles. The van der Waals surface area contributed by atoms with E-state index in [1.54, 1.807) is 42.5 Å². The molecule has 37 heavy (non-hydrogen) atoms. The van der Waals surface area contributed by atoms with Gasteiger partial charge >= 0.3 is 6.03 Å². The molecule has 2 N–H and O–H groups in total. The van der Waals surface area contributed by atoms with Crippen LogP contribution < -0.4 is 20.1 Å². The molecule has 4 amide bonds. The number of aryl methyl sites for hydroxylation is 1. The first-order valence-corrected chi connectivity index (χ1v) is 12.1. The number of carbonyl (C=O) groups excluding carboxylic acids is 3. The van der Waals surface area contributed by atoms with E-state index in [0.717, 1.165) is 16.0 Å². The van der Waals surface area contributed by atoms with Gasteiger partial charge < -0.3 is 20.1 Å². The number of carbonyl (C=O) groups is 3. The molecule has 1 aliphatic rings. The Balaban J connectivity index is 1.44. The number of nitrogens with one attached hydrogen (secondary N) is 2. The minimum absolute atomic E-state index is 0.0608. The van der Waals surface area contributed by atoms with E-state index in [2.05, 4.69) is 10.6 Å². The summed E-state index contributed by atoms with van der Waals surface area (Å²) in [6.45, 7) is 4.09. The summed E-state index contributed by atoms with van der Waals surface area (Å²) in [7, 11) is 0. The molecule has 1 aliphatic heterocycles. The standard InChI is InChI=1S/C28H26ClN3O5/c1-3-36-25-15-20(9-12-24(25)37-17-19-7-10-21(29)11-8-19)14-23-27(34)32(28(35)31-23)16-26(33)30-22-6-4-5-18(2)13-22/h4-15H,3,16-17H2,1-2H3,(H,30,33)(H,31,35)/b23-14+. The zero-order valence-electron chi connectivity index (χ0n) is 20.4. The van der Waals surface area contributed by atoms with Crippen LogP contribution in [0.15, 0.2) is 72.4 Å². The second-order valence-electron chi connectivity index (χ2n) is 8.35. The van der Waals surface area contributed by atoms with Gasteiger partial charge in [0.25, 0.3) is 5.91 Å². The maximum absolute atomic E-state index is 12.9. The Kier molecular flexibility index (Phi) is 8.10. The van der Waals surface area contributed by atoms with Crippen molar-refractivity contribution in [1.82, 2.24) is 10.2 Å². The lowest BCUT2D eigenvalue weighted by molar-refractivity contribution is -0.127. The van der Waals surface area contributed by atoms with Crippen molar-refractivity contribution >= 4 is 41.2 Å². The van der Waals surface area contributed by atoms with E-state index < -0.39 is 24.4 Å². The highest BCUT2D eigenvalue weighted by molar-refractivity contribution is 6.30. The third-order valence-corrected chi connectivity index (χ3v) is 5.70. The van der Waals surface area contributed by atoms with Crippen molar-refractivity contribution in [3.8, 4) is 11.5 Å². The van der Waals surface area contributed by atoms with E-state index in [1.165, 1.54) is 6.08 Å². The smallest absolute Gasteiger partial charge is 0.329 e. The third kappa shape index (κ3) is 6.68. The van der Waals surface area contributed by atoms with Gasteiger partial charge in [-0.3, -0.25) is 9.59 Å². The van der Waals surface area contributed by atoms with Gasteiger partial charge in [-0.2, -0.15) is 0 Å². The second-order valence-corrected chi connectivity index (χ2v) is 8.79. The van der Waals surface area contributed by atoms with Gasteiger partial charge in [0.2, 0.25) is 5.91 Å². The molecule has 0 saturated carbocycles. The van der Waals surface area contributed by atoms with E-state index in [-0.39, 0.29) is 5.70 Å². The Morgan fingerprint density at radius 3 is 2.54 bits per heavy atom. The van der Waals surface area contributed by atoms with Gasteiger partial charge in [0.15, 0.2) is 11.5 Å². The molecule has 3 aromatic carbocycles. The van der Waals surface area contributed by atoms with E-state index >= 15 is 0 Å². The second kappa shape index (κ2) is 11.6. The lowest BCUT2D eigenvalue weighted by atomic mass is 10.1. The van der Waals surface area contributed by atoms with Crippen molar-refractivity contribution in [2.45, 2.75) is 20.5 Å². The van der Waals surface area contributed by atoms with Gasteiger partial charge in [-0.25, -0.2) is 9.69 Å². The predicted molar refractivity (Wildman–Crippen MR) is 141 cm³/mol. The van der Waals surface area contributed by atoms with Gasteiger partial charge in [0.1, 0.15) is 18.8 Å². The van der Waals surface area contributed by atoms with Gasteiger partial charge in [-0.15, -0.1) is 0 Å². The number of ether oxygens (including phenoxy) is 2. The van der Waals surface area contributed by atoms with E-state index in [0.29, 0.717) is 41.0 Å². The van der Waals surface area contributed by atoms with Crippen LogP contribution in [0, 0.1) is 6.92 Å². The van der Waals surface area contributed by atoms with Crippen molar-refractivity contribution in [1.29, 1.82) is 0 Å². The van der Waals surface area contributed by atoms with Gasteiger partial charge in [-0.1, -0.05) is 41.9 Å². The fourth-order valence-corrected chi connectivity index (χ4v) is 3.82. The molecule has 0 aliphatic carbocycles. The molecule has 0 aromatic heterocycles. The first-order valence-electron chi connectivity index (χ1n) is 11.7. The number of benzene rings is 3. The lowest BCUT2D eigenvalue weighted by Crippen LogP contribution is -2.38. The van der Waals surface area contributed by atoms with Gasteiger partial charge in [0, 0.05) is 10.7 Å². The zero-order chi connectivity index (χ0) is 26.4. The Morgan fingerprint density at radius 2 is 1.81 bits per heavy atom. The SMILES string of the molecule is CCOc1cc(/C=C2/NC(=O)N(CC(=O)Nc3cccc(C)c3)C2=O)ccc1OCc1ccc(Cl)cc1. The number of halogens is 1. The number of amides is 4. The quantitative estimate of drug-likeness (QED) is 0.301. The lowest BCUT2D eigenvalue weighted by Gasteiger charge is -2.13. The predicted octanol–water partition coefficient (Wildman–Crippen LogP) is 5.16. The molecule has 1 saturated heterocycles. The van der Waals surface area contributed by atoms with Crippen molar-refractivity contribution in [3.63, 3.8) is 0 Å². The topological polar surface area (TPSA) is 97.0 Å². The molecule has 0 radical (unpaired) electrons. The minimum Gasteiger partial charge on any atom is -0.490 e. The normalized spacial score (nSPS) is 14.0. The zero-order valence-corrected chi connectivity index (χ0v) is 21.2. The molecule has 0 unspecified atom stereocenters. The highest BCUT2D eigenvalue weighted by atomic mass is 35.5. The molecular weight excluding hydrogens is 494 g/mol. The van der Waals surface area contributed by atoms with Crippen LogP contribution in [-0.2, 0) is 16.2 Å². The highest BCUT2D eigenvalue weighted by Gasteiger charge is 2.35. The van der Waals surface area contributed by atoms with Crippen LogP contribution in [0.4, 0.5) is 10.5 Å². The molecule has 9 heteroatoms. The van der Waals surface area contributed by atoms with Crippen LogP contribution in [0.2, 0.25) is 5.02 Å². The summed E-state index contributed by atoms with van der Waals surface area (Å²) >= 11 is 5.93. The van der Waals surface area contributed by atoms with Crippen LogP contribution in [0.3, 0.4) is 0 Å². The molecular formula is C28H26ClN3O5. The van der Waals surface area contributed by atoms with Crippen LogP contribution >= 0.6 is 11.6 Å². The number of rotatable bonds is 9. The Hall–Kier alpha value is -4.30. The molecule has 3 aromatic rings. The number of nitrogens with zero attached hydrogens (tertiary/aromatic N) is 1. The maximum atomic E-state index is 12.9. The fourth-order valence-electron chi connectivity index (χ4n) is 3.69. The maximum Gasteiger partial charge on any atom is 0.329 e. The number of imide groups is 1. The number of anilines is 1. The summed E-state index contributed by atoms with van der Waals surface area (Å²) in [6, 6.07) is 19.1. The van der Waals surface area contributed by atoms with Crippen molar-refractivity contribution in [2.24, 2.45) is 0 Å². The van der Waals surface area contributed by atoms with Gasteiger partial charge in [-0.05, 0) is 73.0 Å². The van der Waals surface area contributed by atoms with Crippen molar-refractivity contribution < 1.29 is 23.9 Å². The number of hydrogen-bond acceptors (Lipinski definition) is 5. The van der Waals surface area contributed by atoms with Crippen molar-refractivity contribution in [2.75, 3.05) is 18.5 Å². The highest BCUT2D eigenvalue weighted by Crippen LogP contribution is 2.30. The van der Waals surface area contributed by atoms with E-state index in [1.807, 2.05) is 38.1 Å². The Morgan fingerprint density at radius 1 is 1.03 bits per heavy atom. The summed E-state index contributed by atoms with van der Waals surface area (Å²) in [6.07, 6.45) is 1.53. The van der Waals surface area contributed by atoms with Gasteiger partial charge in [0.05, 0.1) is 6.61 Å². The molecule has 8 nitrogen and oxygen atoms in total. The fraction of sp³-hybridized carbons (Fsp3) is 0.179. The number of hydrogen-bond donors (Lipinski definition) is 2. The molecule has 0 bridgehead atoms. The average molecular weight is 520 g/mol. The van der Waals surface area contributed by atoms with E-state index in [9.17, 15) is 14.4 Å². The monoisotopic (exact) mass is 519 g/mol. The van der Waals surface area contributed by atoms with Crippen LogP contribution in [-0.4, -0.2) is 35.9 Å². The molecule has 0 atom stereocenters. The third-order valence-electron chi connectivity index (χ3n) is 5.45. The summed E-state index contributed by atoms with van der Waals surface area (Å²) < 4.78 is 11.6. The molecule has 1 fully saturated rings. The first-order chi connectivity index (χ1) is 17.8. The largest absolute Gasteiger partial charge is 0.490 e. The van der Waals surface area contributed by atoms with Crippen LogP contribution in [0.25, 0.3) is 6.08 Å². The Bertz CT molecular complexity index is 1350. The summed E-state index contributed by atoms with van der Waals surface area (Å²) in [4.78, 5) is 38.6. The van der Waals surface area contributed by atoms with Crippen molar-refractivity contribution in [3.05, 3.63) is 94.1 Å². The summed E-state index contributed by atoms with van der Waals surface area (Å²) in [5.74, 6) is -0.0336. The first kappa shape index (κ1) is 25.8. The minimum atomic E-state index is -0.663. The summed E-state index contributed by atoms with van der Waals surface area (Å²) in [5.41, 5.74) is 3.20. The average Bonchev–Trinajstić information content (AvgIpc) is 3.12. The van der Waals surface area contributed by atoms with Crippen LogP contribution in [0.1, 0.15) is 23.6 Å². The molecule has 190 valence electrons. The number of urea groups is 1.